The Hall–Kier alpha value is -0.830. The molecule has 0 radical (unpaired) electrons. The molecule has 19 heavy (non-hydrogen) atoms. The Labute approximate surface area is 109 Å². The third-order valence-electron chi connectivity index (χ3n) is 2.82. The number of rotatable bonds is 4. The molecule has 0 spiro atoms. The van der Waals surface area contributed by atoms with Crippen LogP contribution in [0.15, 0.2) is 0 Å². The minimum absolute atomic E-state index is 0.0150. The van der Waals surface area contributed by atoms with Gasteiger partial charge in [0, 0.05) is 0 Å². The van der Waals surface area contributed by atoms with Gasteiger partial charge < -0.3 is 4.74 Å². The van der Waals surface area contributed by atoms with E-state index in [1.807, 2.05) is 5.32 Å². The lowest BCUT2D eigenvalue weighted by Gasteiger charge is -2.35. The number of nitrogens with one attached hydrogen (secondary N) is 1. The van der Waals surface area contributed by atoms with Gasteiger partial charge in [-0.3, -0.25) is 10.1 Å². The highest BCUT2D eigenvalue weighted by Gasteiger charge is 2.48. The highest BCUT2D eigenvalue weighted by molar-refractivity contribution is 7.91. The van der Waals surface area contributed by atoms with Gasteiger partial charge in [-0.25, -0.2) is 8.42 Å². The van der Waals surface area contributed by atoms with E-state index in [2.05, 4.69) is 0 Å². The van der Waals surface area contributed by atoms with Gasteiger partial charge in [0.2, 0.25) is 0 Å². The summed E-state index contributed by atoms with van der Waals surface area (Å²) < 4.78 is 64.6. The topological polar surface area (TPSA) is 72.5 Å². The molecule has 0 aromatic carbocycles. The van der Waals surface area contributed by atoms with Gasteiger partial charge in [0.05, 0.1) is 24.7 Å². The van der Waals surface area contributed by atoms with E-state index in [4.69, 9.17) is 4.74 Å². The van der Waals surface area contributed by atoms with Crippen LogP contribution < -0.4 is 5.32 Å². The molecule has 1 heterocycles. The molecule has 0 aliphatic carbocycles. The lowest BCUT2D eigenvalue weighted by atomic mass is 9.95. The van der Waals surface area contributed by atoms with Crippen molar-refractivity contribution in [1.82, 2.24) is 5.32 Å². The molecule has 112 valence electrons. The Kier molecular flexibility index (Phi) is 4.83. The number of halogens is 3. The van der Waals surface area contributed by atoms with Crippen LogP contribution in [-0.2, 0) is 19.4 Å². The third-order valence-corrected chi connectivity index (χ3v) is 4.66. The van der Waals surface area contributed by atoms with Crippen LogP contribution in [0.2, 0.25) is 0 Å². The summed E-state index contributed by atoms with van der Waals surface area (Å²) >= 11 is 0. The van der Waals surface area contributed by atoms with Crippen molar-refractivity contribution in [3.05, 3.63) is 0 Å². The van der Waals surface area contributed by atoms with E-state index in [1.54, 1.807) is 0 Å². The van der Waals surface area contributed by atoms with Gasteiger partial charge in [-0.15, -0.1) is 0 Å². The van der Waals surface area contributed by atoms with E-state index in [0.717, 1.165) is 0 Å². The maximum absolute atomic E-state index is 12.3. The molecule has 1 unspecified atom stereocenters. The highest BCUT2D eigenvalue weighted by Crippen LogP contribution is 2.26. The lowest BCUT2D eigenvalue weighted by molar-refractivity contribution is -0.155. The molecule has 0 aromatic rings. The fraction of sp³-hybridized carbons (Fsp3) is 0.900. The average Bonchev–Trinajstić information content (AvgIpc) is 2.24. The second-order valence-electron chi connectivity index (χ2n) is 4.47. The van der Waals surface area contributed by atoms with Crippen molar-refractivity contribution < 1.29 is 31.1 Å². The molecule has 0 aromatic heterocycles. The van der Waals surface area contributed by atoms with Gasteiger partial charge >= 0.3 is 12.1 Å². The van der Waals surface area contributed by atoms with Crippen molar-refractivity contribution in [3.8, 4) is 0 Å². The second kappa shape index (κ2) is 5.66. The summed E-state index contributed by atoms with van der Waals surface area (Å²) in [6, 6.07) is 0. The quantitative estimate of drug-likeness (QED) is 0.772. The zero-order valence-electron chi connectivity index (χ0n) is 10.4. The van der Waals surface area contributed by atoms with E-state index >= 15 is 0 Å². The molecule has 1 fully saturated rings. The number of ether oxygens (including phenoxy) is 1. The van der Waals surface area contributed by atoms with Crippen LogP contribution in [0.1, 0.15) is 19.8 Å². The summed E-state index contributed by atoms with van der Waals surface area (Å²) in [6.45, 7) is 0.0579. The molecule has 1 aliphatic rings. The van der Waals surface area contributed by atoms with E-state index < -0.39 is 39.8 Å². The van der Waals surface area contributed by atoms with Gasteiger partial charge in [-0.05, 0) is 19.8 Å². The minimum Gasteiger partial charge on any atom is -0.465 e. The van der Waals surface area contributed by atoms with Crippen LogP contribution in [0.3, 0.4) is 0 Å². The standard InChI is InChI=1S/C10H16F3NO4S/c1-2-18-8(15)9(14-6-10(11,12)13)4-3-5-19(16,17)7-9/h14H,2-7H2,1H3. The number of esters is 1. The Balaban J connectivity index is 2.93. The van der Waals surface area contributed by atoms with E-state index in [-0.39, 0.29) is 25.2 Å². The summed E-state index contributed by atoms with van der Waals surface area (Å²) in [5.74, 6) is -1.72. The number of carbonyl (C=O) groups excluding carboxylic acids is 1. The molecule has 1 N–H and O–H groups in total. The first-order valence-corrected chi connectivity index (χ1v) is 7.62. The van der Waals surface area contributed by atoms with Crippen LogP contribution in [-0.4, -0.2) is 50.8 Å². The molecule has 0 saturated carbocycles. The summed E-state index contributed by atoms with van der Waals surface area (Å²) in [5.41, 5.74) is -1.79. The van der Waals surface area contributed by atoms with E-state index in [0.29, 0.717) is 0 Å². The monoisotopic (exact) mass is 303 g/mol. The Morgan fingerprint density at radius 3 is 2.53 bits per heavy atom. The van der Waals surface area contributed by atoms with Crippen LogP contribution in [0.4, 0.5) is 13.2 Å². The molecule has 5 nitrogen and oxygen atoms in total. The predicted octanol–water partition coefficient (Wildman–Crippen LogP) is 0.649. The molecule has 0 bridgehead atoms. The second-order valence-corrected chi connectivity index (χ2v) is 6.65. The van der Waals surface area contributed by atoms with Crippen molar-refractivity contribution in [2.24, 2.45) is 0 Å². The Morgan fingerprint density at radius 1 is 1.42 bits per heavy atom. The summed E-state index contributed by atoms with van der Waals surface area (Å²) in [6.07, 6.45) is -4.38. The summed E-state index contributed by atoms with van der Waals surface area (Å²) in [7, 11) is -3.55. The van der Waals surface area contributed by atoms with Gasteiger partial charge in [0.15, 0.2) is 9.84 Å². The van der Waals surface area contributed by atoms with Crippen LogP contribution in [0, 0.1) is 0 Å². The van der Waals surface area contributed by atoms with E-state index in [1.165, 1.54) is 6.92 Å². The summed E-state index contributed by atoms with van der Waals surface area (Å²) in [4.78, 5) is 11.8. The molecular formula is C10H16F3NO4S. The Bertz CT molecular complexity index is 435. The summed E-state index contributed by atoms with van der Waals surface area (Å²) in [5, 5.41) is 2.04. The van der Waals surface area contributed by atoms with Gasteiger partial charge in [-0.2, -0.15) is 13.2 Å². The SMILES string of the molecule is CCOC(=O)C1(NCC(F)(F)F)CCCS(=O)(=O)C1. The maximum Gasteiger partial charge on any atom is 0.401 e. The van der Waals surface area contributed by atoms with Crippen LogP contribution in [0.5, 0.6) is 0 Å². The zero-order chi connectivity index (χ0) is 14.7. The van der Waals surface area contributed by atoms with Crippen molar-refractivity contribution in [2.45, 2.75) is 31.5 Å². The van der Waals surface area contributed by atoms with E-state index in [9.17, 15) is 26.4 Å². The van der Waals surface area contributed by atoms with Crippen molar-refractivity contribution >= 4 is 15.8 Å². The number of hydrogen-bond acceptors (Lipinski definition) is 5. The molecule has 0 amide bonds. The third kappa shape index (κ3) is 4.64. The number of sulfone groups is 1. The molecule has 1 aliphatic heterocycles. The first kappa shape index (κ1) is 16.2. The fourth-order valence-electron chi connectivity index (χ4n) is 2.02. The lowest BCUT2D eigenvalue weighted by Crippen LogP contribution is -2.61. The number of alkyl halides is 3. The number of carbonyl (C=O) groups is 1. The largest absolute Gasteiger partial charge is 0.465 e. The van der Waals surface area contributed by atoms with Crippen LogP contribution >= 0.6 is 0 Å². The zero-order valence-corrected chi connectivity index (χ0v) is 11.2. The highest BCUT2D eigenvalue weighted by atomic mass is 32.2. The van der Waals surface area contributed by atoms with Gasteiger partial charge in [0.1, 0.15) is 5.54 Å². The maximum atomic E-state index is 12.3. The molecule has 9 heteroatoms. The fourth-order valence-corrected chi connectivity index (χ4v) is 3.87. The first-order chi connectivity index (χ1) is 8.60. The minimum atomic E-state index is -4.53. The van der Waals surface area contributed by atoms with Crippen molar-refractivity contribution in [2.75, 3.05) is 24.7 Å². The number of hydrogen-bond donors (Lipinski definition) is 1. The van der Waals surface area contributed by atoms with Gasteiger partial charge in [0.25, 0.3) is 0 Å². The van der Waals surface area contributed by atoms with Crippen molar-refractivity contribution in [1.29, 1.82) is 0 Å². The molecular weight excluding hydrogens is 287 g/mol. The normalized spacial score (nSPS) is 26.9. The molecule has 1 rings (SSSR count). The Morgan fingerprint density at radius 2 is 2.05 bits per heavy atom. The molecule has 1 atom stereocenters. The van der Waals surface area contributed by atoms with Crippen LogP contribution in [0.25, 0.3) is 0 Å². The van der Waals surface area contributed by atoms with Crippen molar-refractivity contribution in [3.63, 3.8) is 0 Å². The first-order valence-electron chi connectivity index (χ1n) is 5.80. The smallest absolute Gasteiger partial charge is 0.401 e. The predicted molar refractivity (Wildman–Crippen MR) is 61.3 cm³/mol. The van der Waals surface area contributed by atoms with Gasteiger partial charge in [-0.1, -0.05) is 0 Å². The average molecular weight is 303 g/mol. The molecule has 1 saturated heterocycles.